The molecule has 0 aromatic carbocycles. The van der Waals surface area contributed by atoms with Crippen molar-refractivity contribution in [2.75, 3.05) is 47.5 Å². The topological polar surface area (TPSA) is 111 Å². The van der Waals surface area contributed by atoms with E-state index in [1.807, 2.05) is 21.1 Å². The molecule has 0 aliphatic rings. The second-order valence-electron chi connectivity index (χ2n) is 16.7. The number of quaternary nitrogens is 1. The molecule has 0 saturated carbocycles. The van der Waals surface area contributed by atoms with Crippen molar-refractivity contribution in [2.45, 2.75) is 193 Å². The van der Waals surface area contributed by atoms with Gasteiger partial charge in [-0.25, -0.2) is 0 Å². The number of carboxylic acids is 1. The molecule has 2 unspecified atom stereocenters. The Kier molecular flexibility index (Phi) is 39.6. The van der Waals surface area contributed by atoms with Crippen molar-refractivity contribution in [3.05, 3.63) is 60.8 Å². The van der Waals surface area contributed by atoms with Crippen molar-refractivity contribution < 1.29 is 42.9 Å². The summed E-state index contributed by atoms with van der Waals surface area (Å²) in [6, 6.07) is 0. The van der Waals surface area contributed by atoms with Gasteiger partial charge in [-0.3, -0.25) is 9.59 Å². The smallest absolute Gasteiger partial charge is 0.306 e. The average Bonchev–Trinajstić information content (AvgIpc) is 3.19. The predicted molar refractivity (Wildman–Crippen MR) is 242 cm³/mol. The van der Waals surface area contributed by atoms with Gasteiger partial charge in [-0.1, -0.05) is 171 Å². The minimum Gasteiger partial charge on any atom is -0.545 e. The van der Waals surface area contributed by atoms with Crippen LogP contribution in [0.2, 0.25) is 0 Å². The van der Waals surface area contributed by atoms with Crippen LogP contribution < -0.4 is 5.11 Å². The molecule has 0 N–H and O–H groups in total. The first-order valence-electron chi connectivity index (χ1n) is 23.4. The molecule has 2 atom stereocenters. The van der Waals surface area contributed by atoms with Crippen LogP contribution in [0, 0.1) is 0 Å². The van der Waals surface area contributed by atoms with Gasteiger partial charge in [0.25, 0.3) is 0 Å². The molecule has 0 heterocycles. The summed E-state index contributed by atoms with van der Waals surface area (Å²) in [6.45, 7) is 4.56. The molecule has 0 fully saturated rings. The molecule has 0 spiro atoms. The largest absolute Gasteiger partial charge is 0.545 e. The summed E-state index contributed by atoms with van der Waals surface area (Å²) in [6.07, 6.45) is 47.1. The highest BCUT2D eigenvalue weighted by atomic mass is 16.7. The van der Waals surface area contributed by atoms with Crippen LogP contribution in [-0.4, -0.2) is 82.3 Å². The number of unbranched alkanes of at least 4 members (excludes halogenated alkanes) is 17. The Morgan fingerprint density at radius 2 is 0.966 bits per heavy atom. The van der Waals surface area contributed by atoms with Crippen molar-refractivity contribution in [2.24, 2.45) is 0 Å². The molecule has 0 aliphatic heterocycles. The van der Waals surface area contributed by atoms with E-state index in [4.69, 9.17) is 18.9 Å². The van der Waals surface area contributed by atoms with Crippen molar-refractivity contribution in [1.82, 2.24) is 0 Å². The minimum atomic E-state index is -1.62. The molecule has 0 aromatic heterocycles. The predicted octanol–water partition coefficient (Wildman–Crippen LogP) is 11.2. The van der Waals surface area contributed by atoms with Crippen LogP contribution in [0.3, 0.4) is 0 Å². The second-order valence-corrected chi connectivity index (χ2v) is 16.7. The molecule has 59 heavy (non-hydrogen) atoms. The van der Waals surface area contributed by atoms with Gasteiger partial charge in [0.05, 0.1) is 40.3 Å². The van der Waals surface area contributed by atoms with Crippen LogP contribution in [0.5, 0.6) is 0 Å². The maximum Gasteiger partial charge on any atom is 0.306 e. The number of likely N-dealkylation sites (N-methyl/N-ethyl adjacent to an activating group) is 1. The average molecular weight is 830 g/mol. The molecule has 0 aliphatic carbocycles. The molecule has 0 bridgehead atoms. The van der Waals surface area contributed by atoms with Gasteiger partial charge in [0.2, 0.25) is 0 Å². The number of hydrogen-bond acceptors (Lipinski definition) is 8. The summed E-state index contributed by atoms with van der Waals surface area (Å²) in [5.41, 5.74) is 0. The Morgan fingerprint density at radius 3 is 1.44 bits per heavy atom. The van der Waals surface area contributed by atoms with Crippen LogP contribution in [0.15, 0.2) is 60.8 Å². The van der Waals surface area contributed by atoms with E-state index >= 15 is 0 Å². The summed E-state index contributed by atoms with van der Waals surface area (Å²) in [4.78, 5) is 36.8. The SMILES string of the molecule is CC/C=C\C/C=C\C/C=C\C/C=C\C/C=C\CCCCCCCCCCCCCC(=O)OC(COC(=O)CCCCCCCCC)COC(OCC[N+](C)(C)C)C(=O)[O-]. The first-order chi connectivity index (χ1) is 28.6. The Morgan fingerprint density at radius 1 is 0.525 bits per heavy atom. The van der Waals surface area contributed by atoms with Gasteiger partial charge < -0.3 is 33.3 Å². The fraction of sp³-hybridized carbons (Fsp3) is 0.740. The van der Waals surface area contributed by atoms with E-state index in [-0.39, 0.29) is 38.6 Å². The van der Waals surface area contributed by atoms with E-state index in [1.165, 1.54) is 70.6 Å². The van der Waals surface area contributed by atoms with Gasteiger partial charge >= 0.3 is 11.9 Å². The highest BCUT2D eigenvalue weighted by Gasteiger charge is 2.21. The highest BCUT2D eigenvalue weighted by molar-refractivity contribution is 5.70. The van der Waals surface area contributed by atoms with Crippen LogP contribution in [0.25, 0.3) is 0 Å². The summed E-state index contributed by atoms with van der Waals surface area (Å²) < 4.78 is 22.5. The monoisotopic (exact) mass is 830 g/mol. The summed E-state index contributed by atoms with van der Waals surface area (Å²) in [5, 5.41) is 11.7. The Bertz CT molecular complexity index is 1150. The number of ether oxygens (including phenoxy) is 4. The van der Waals surface area contributed by atoms with Crippen molar-refractivity contribution in [3.8, 4) is 0 Å². The third kappa shape index (κ3) is 42.9. The highest BCUT2D eigenvalue weighted by Crippen LogP contribution is 2.14. The lowest BCUT2D eigenvalue weighted by molar-refractivity contribution is -0.870. The molecular weight excluding hydrogens is 743 g/mol. The Hall–Kier alpha value is -3.01. The summed E-state index contributed by atoms with van der Waals surface area (Å²) in [7, 11) is 5.90. The molecular formula is C50H87NO8. The molecule has 0 amide bonds. The normalized spacial score (nSPS) is 13.4. The third-order valence-corrected chi connectivity index (χ3v) is 9.78. The van der Waals surface area contributed by atoms with Crippen LogP contribution >= 0.6 is 0 Å². The van der Waals surface area contributed by atoms with Gasteiger partial charge in [-0.2, -0.15) is 0 Å². The maximum atomic E-state index is 12.7. The van der Waals surface area contributed by atoms with E-state index in [0.29, 0.717) is 17.4 Å². The van der Waals surface area contributed by atoms with Crippen molar-refractivity contribution in [3.63, 3.8) is 0 Å². The molecule has 9 nitrogen and oxygen atoms in total. The van der Waals surface area contributed by atoms with Crippen LogP contribution in [-0.2, 0) is 33.3 Å². The van der Waals surface area contributed by atoms with Crippen molar-refractivity contribution in [1.29, 1.82) is 0 Å². The van der Waals surface area contributed by atoms with Gasteiger partial charge in [0.1, 0.15) is 13.2 Å². The standard InChI is InChI=1S/C50H87NO8/c1-6-8-10-12-14-15-16-17-18-19-20-21-22-23-24-25-26-27-28-29-30-31-32-33-35-37-39-41-48(53)59-46(44-57-47(52)40-38-36-34-13-11-9-7-2)45-58-50(49(54)55)56-43-42-51(3,4)5/h8,10,14-15,17-18,20-21,23-24,46,50H,6-7,9,11-13,16,19,22,25-45H2,1-5H3/b10-8-,15-14-,18-17-,21-20-,24-23-. The van der Waals surface area contributed by atoms with E-state index in [0.717, 1.165) is 77.0 Å². The zero-order valence-corrected chi connectivity index (χ0v) is 38.4. The van der Waals surface area contributed by atoms with Gasteiger partial charge in [0, 0.05) is 12.8 Å². The van der Waals surface area contributed by atoms with Gasteiger partial charge in [0.15, 0.2) is 12.4 Å². The number of hydrogen-bond donors (Lipinski definition) is 0. The maximum absolute atomic E-state index is 12.7. The van der Waals surface area contributed by atoms with E-state index in [1.54, 1.807) is 0 Å². The second kappa shape index (κ2) is 41.7. The number of nitrogens with zero attached hydrogens (tertiary/aromatic N) is 1. The van der Waals surface area contributed by atoms with Crippen LogP contribution in [0.1, 0.15) is 181 Å². The number of esters is 2. The molecule has 0 rings (SSSR count). The lowest BCUT2D eigenvalue weighted by Gasteiger charge is -2.26. The fourth-order valence-corrected chi connectivity index (χ4v) is 6.15. The first kappa shape index (κ1) is 56.0. The van der Waals surface area contributed by atoms with Gasteiger partial charge in [-0.15, -0.1) is 0 Å². The lowest BCUT2D eigenvalue weighted by Crippen LogP contribution is -2.44. The minimum absolute atomic E-state index is 0.146. The molecule has 9 heteroatoms. The van der Waals surface area contributed by atoms with E-state index in [2.05, 4.69) is 74.6 Å². The summed E-state index contributed by atoms with van der Waals surface area (Å²) >= 11 is 0. The third-order valence-electron chi connectivity index (χ3n) is 9.78. The number of carbonyl (C=O) groups excluding carboxylic acids is 3. The Balaban J connectivity index is 4.19. The summed E-state index contributed by atoms with van der Waals surface area (Å²) in [5.74, 6) is -2.30. The Labute approximate surface area is 361 Å². The number of allylic oxidation sites excluding steroid dienone is 10. The number of rotatable bonds is 42. The molecule has 0 saturated heterocycles. The van der Waals surface area contributed by atoms with Crippen molar-refractivity contribution >= 4 is 17.9 Å². The fourth-order valence-electron chi connectivity index (χ4n) is 6.15. The van der Waals surface area contributed by atoms with E-state index < -0.39 is 24.3 Å². The zero-order chi connectivity index (χ0) is 43.5. The molecule has 340 valence electrons. The number of aliphatic carboxylic acids is 1. The number of carbonyl (C=O) groups is 3. The lowest BCUT2D eigenvalue weighted by atomic mass is 10.0. The van der Waals surface area contributed by atoms with Crippen LogP contribution in [0.4, 0.5) is 0 Å². The first-order valence-corrected chi connectivity index (χ1v) is 23.4. The number of carboxylic acid groups (broad SMARTS) is 1. The quantitative estimate of drug-likeness (QED) is 0.0197. The van der Waals surface area contributed by atoms with E-state index in [9.17, 15) is 19.5 Å². The van der Waals surface area contributed by atoms with Gasteiger partial charge in [-0.05, 0) is 57.8 Å². The molecule has 0 radical (unpaired) electrons. The molecule has 0 aromatic rings. The zero-order valence-electron chi connectivity index (χ0n) is 38.4.